The predicted molar refractivity (Wildman–Crippen MR) is 103 cm³/mol. The number of hydrogen-bond donors (Lipinski definition) is 3. The summed E-state index contributed by atoms with van der Waals surface area (Å²) in [5.74, 6) is 0.906. The summed E-state index contributed by atoms with van der Waals surface area (Å²) in [6.45, 7) is 5.90. The summed E-state index contributed by atoms with van der Waals surface area (Å²) in [4.78, 5) is 19.9. The molecule has 0 saturated heterocycles. The number of carbonyl (C=O) groups is 1. The predicted octanol–water partition coefficient (Wildman–Crippen LogP) is 4.59. The molecule has 0 radical (unpaired) electrons. The van der Waals surface area contributed by atoms with Gasteiger partial charge in [-0.2, -0.15) is 0 Å². The number of rotatable bonds is 5. The van der Waals surface area contributed by atoms with Gasteiger partial charge in [0, 0.05) is 17.4 Å². The van der Waals surface area contributed by atoms with E-state index in [0.29, 0.717) is 23.1 Å². The molecule has 0 unspecified atom stereocenters. The molecule has 0 aliphatic rings. The topological polar surface area (TPSA) is 87.1 Å². The van der Waals surface area contributed by atoms with Crippen molar-refractivity contribution in [1.29, 1.82) is 0 Å². The molecule has 6 nitrogen and oxygen atoms in total. The molecule has 2 aromatic carbocycles. The molecule has 132 valence electrons. The molecule has 0 fully saturated rings. The Labute approximate surface area is 152 Å². The summed E-state index contributed by atoms with van der Waals surface area (Å²) in [5, 5.41) is 15.6. The minimum absolute atomic E-state index is 0.217. The lowest BCUT2D eigenvalue weighted by Gasteiger charge is -2.14. The molecule has 0 amide bonds. The number of nitrogens with zero attached hydrogens (tertiary/aromatic N) is 2. The Kier molecular flexibility index (Phi) is 4.84. The number of carboxylic acid groups (broad SMARTS) is 1. The van der Waals surface area contributed by atoms with Gasteiger partial charge in [0.25, 0.3) is 0 Å². The molecule has 3 N–H and O–H groups in total. The van der Waals surface area contributed by atoms with Gasteiger partial charge >= 0.3 is 5.97 Å². The van der Waals surface area contributed by atoms with E-state index in [-0.39, 0.29) is 5.56 Å². The number of benzene rings is 2. The first-order valence-corrected chi connectivity index (χ1v) is 8.21. The van der Waals surface area contributed by atoms with Gasteiger partial charge in [0.05, 0.1) is 5.56 Å². The lowest BCUT2D eigenvalue weighted by atomic mass is 10.1. The van der Waals surface area contributed by atoms with Crippen LogP contribution in [0.25, 0.3) is 0 Å². The Bertz CT molecular complexity index is 950. The van der Waals surface area contributed by atoms with E-state index in [1.165, 1.54) is 0 Å². The summed E-state index contributed by atoms with van der Waals surface area (Å²) in [7, 11) is 0. The maximum atomic E-state index is 11.1. The lowest BCUT2D eigenvalue weighted by Crippen LogP contribution is -2.04. The van der Waals surface area contributed by atoms with E-state index in [2.05, 4.69) is 20.6 Å². The van der Waals surface area contributed by atoms with E-state index in [1.807, 2.05) is 39.0 Å². The Hall–Kier alpha value is -3.41. The first kappa shape index (κ1) is 17.4. The van der Waals surface area contributed by atoms with E-state index in [1.54, 1.807) is 30.3 Å². The first-order valence-electron chi connectivity index (χ1n) is 8.21. The van der Waals surface area contributed by atoms with Gasteiger partial charge < -0.3 is 15.7 Å². The zero-order valence-corrected chi connectivity index (χ0v) is 14.9. The fourth-order valence-corrected chi connectivity index (χ4v) is 2.71. The highest BCUT2D eigenvalue weighted by molar-refractivity contribution is 5.89. The van der Waals surface area contributed by atoms with Gasteiger partial charge in [0.1, 0.15) is 17.5 Å². The summed E-state index contributed by atoms with van der Waals surface area (Å²) >= 11 is 0. The molecule has 6 heteroatoms. The molecule has 0 aliphatic carbocycles. The largest absolute Gasteiger partial charge is 0.478 e. The first-order chi connectivity index (χ1) is 12.4. The highest BCUT2D eigenvalue weighted by Crippen LogP contribution is 2.25. The molecule has 0 aliphatic heterocycles. The standard InChI is InChI=1S/C20H20N4O2/c1-12-6-4-7-13(2)19(12)24-18-11-17(21-14(3)22-18)23-16-9-5-8-15(10-16)20(25)26/h4-11H,1-3H3,(H,25,26)(H2,21,22,23,24). The van der Waals surface area contributed by atoms with Crippen LogP contribution in [-0.4, -0.2) is 21.0 Å². The number of aromatic nitrogens is 2. The molecule has 26 heavy (non-hydrogen) atoms. The third-order valence-electron chi connectivity index (χ3n) is 3.95. The van der Waals surface area contributed by atoms with Crippen LogP contribution in [-0.2, 0) is 0 Å². The second kappa shape index (κ2) is 7.23. The molecule has 0 bridgehead atoms. The molecular formula is C20H20N4O2. The van der Waals surface area contributed by atoms with Crippen molar-refractivity contribution in [2.75, 3.05) is 10.6 Å². The van der Waals surface area contributed by atoms with Crippen molar-refractivity contribution in [3.05, 3.63) is 71.0 Å². The monoisotopic (exact) mass is 348 g/mol. The normalized spacial score (nSPS) is 10.4. The summed E-state index contributed by atoms with van der Waals surface area (Å²) < 4.78 is 0. The van der Waals surface area contributed by atoms with Crippen molar-refractivity contribution in [1.82, 2.24) is 9.97 Å². The minimum atomic E-state index is -0.968. The Balaban J connectivity index is 1.88. The van der Waals surface area contributed by atoms with Crippen LogP contribution in [0.3, 0.4) is 0 Å². The van der Waals surface area contributed by atoms with Crippen molar-refractivity contribution in [3.63, 3.8) is 0 Å². The van der Waals surface area contributed by atoms with E-state index >= 15 is 0 Å². The Morgan fingerprint density at radius 2 is 1.50 bits per heavy atom. The maximum absolute atomic E-state index is 11.1. The number of hydrogen-bond acceptors (Lipinski definition) is 5. The number of aryl methyl sites for hydroxylation is 3. The Morgan fingerprint density at radius 1 is 0.885 bits per heavy atom. The number of para-hydroxylation sites is 1. The number of carboxylic acids is 1. The molecule has 1 heterocycles. The number of anilines is 4. The number of aromatic carboxylic acids is 1. The van der Waals surface area contributed by atoms with Crippen LogP contribution in [0.15, 0.2) is 48.5 Å². The van der Waals surface area contributed by atoms with Gasteiger partial charge in [0.15, 0.2) is 0 Å². The second-order valence-electron chi connectivity index (χ2n) is 6.09. The van der Waals surface area contributed by atoms with Crippen molar-refractivity contribution in [2.45, 2.75) is 20.8 Å². The Morgan fingerprint density at radius 3 is 2.15 bits per heavy atom. The average Bonchev–Trinajstić information content (AvgIpc) is 2.58. The molecule has 3 aromatic rings. The zero-order valence-electron chi connectivity index (χ0n) is 14.9. The van der Waals surface area contributed by atoms with E-state index < -0.39 is 5.97 Å². The third-order valence-corrected chi connectivity index (χ3v) is 3.95. The molecule has 3 rings (SSSR count). The van der Waals surface area contributed by atoms with Crippen LogP contribution in [0.1, 0.15) is 27.3 Å². The molecule has 1 aromatic heterocycles. The maximum Gasteiger partial charge on any atom is 0.335 e. The van der Waals surface area contributed by atoms with Crippen molar-refractivity contribution in [3.8, 4) is 0 Å². The minimum Gasteiger partial charge on any atom is -0.478 e. The average molecular weight is 348 g/mol. The summed E-state index contributed by atoms with van der Waals surface area (Å²) in [6, 6.07) is 14.5. The van der Waals surface area contributed by atoms with Crippen molar-refractivity contribution < 1.29 is 9.90 Å². The molecule has 0 saturated carbocycles. The molecule has 0 spiro atoms. The van der Waals surface area contributed by atoms with Crippen LogP contribution >= 0.6 is 0 Å². The molecular weight excluding hydrogens is 328 g/mol. The fourth-order valence-electron chi connectivity index (χ4n) is 2.71. The van der Waals surface area contributed by atoms with Gasteiger partial charge in [-0.1, -0.05) is 24.3 Å². The van der Waals surface area contributed by atoms with E-state index in [9.17, 15) is 4.79 Å². The van der Waals surface area contributed by atoms with Crippen LogP contribution in [0, 0.1) is 20.8 Å². The lowest BCUT2D eigenvalue weighted by molar-refractivity contribution is 0.0697. The van der Waals surface area contributed by atoms with Crippen molar-refractivity contribution in [2.24, 2.45) is 0 Å². The van der Waals surface area contributed by atoms with Gasteiger partial charge in [-0.05, 0) is 50.1 Å². The number of nitrogens with one attached hydrogen (secondary N) is 2. The fraction of sp³-hybridized carbons (Fsp3) is 0.150. The smallest absolute Gasteiger partial charge is 0.335 e. The van der Waals surface area contributed by atoms with Crippen LogP contribution in [0.2, 0.25) is 0 Å². The summed E-state index contributed by atoms with van der Waals surface area (Å²) in [6.07, 6.45) is 0. The van der Waals surface area contributed by atoms with Crippen LogP contribution < -0.4 is 10.6 Å². The highest BCUT2D eigenvalue weighted by atomic mass is 16.4. The van der Waals surface area contributed by atoms with E-state index in [0.717, 1.165) is 16.8 Å². The van der Waals surface area contributed by atoms with Gasteiger partial charge in [-0.3, -0.25) is 0 Å². The third kappa shape index (κ3) is 3.97. The molecule has 0 atom stereocenters. The quantitative estimate of drug-likeness (QED) is 0.625. The highest BCUT2D eigenvalue weighted by Gasteiger charge is 2.08. The summed E-state index contributed by atoms with van der Waals surface area (Å²) in [5.41, 5.74) is 4.15. The van der Waals surface area contributed by atoms with E-state index in [4.69, 9.17) is 5.11 Å². The van der Waals surface area contributed by atoms with Gasteiger partial charge in [0.2, 0.25) is 0 Å². The SMILES string of the molecule is Cc1nc(Nc2cccc(C(=O)O)c2)cc(Nc2c(C)cccc2C)n1. The van der Waals surface area contributed by atoms with Crippen LogP contribution in [0.5, 0.6) is 0 Å². The van der Waals surface area contributed by atoms with Crippen LogP contribution in [0.4, 0.5) is 23.0 Å². The van der Waals surface area contributed by atoms with Crippen molar-refractivity contribution >= 4 is 29.0 Å². The van der Waals surface area contributed by atoms with Gasteiger partial charge in [-0.25, -0.2) is 14.8 Å². The van der Waals surface area contributed by atoms with Gasteiger partial charge in [-0.15, -0.1) is 0 Å². The second-order valence-corrected chi connectivity index (χ2v) is 6.09. The zero-order chi connectivity index (χ0) is 18.7.